The first-order chi connectivity index (χ1) is 12.4. The Morgan fingerprint density at radius 3 is 2.31 bits per heavy atom. The summed E-state index contributed by atoms with van der Waals surface area (Å²) in [4.78, 5) is 21.8. The maximum Gasteiger partial charge on any atom is 0.410 e. The third-order valence-electron chi connectivity index (χ3n) is 5.20. The molecule has 148 valence electrons. The van der Waals surface area contributed by atoms with Crippen LogP contribution in [0.3, 0.4) is 0 Å². The standard InChI is InChI=1S/C20H36N4O2/c1-5-21-18(22-16-8-9-16)23-12-10-17(11-13-23)24(14-15-6-7-15)19(25)26-20(2,3)4/h15-17H,5-14H2,1-4H3,(H,21,22). The van der Waals surface area contributed by atoms with Crippen LogP contribution in [0.4, 0.5) is 4.79 Å². The normalized spacial score (nSPS) is 22.3. The number of likely N-dealkylation sites (tertiary alicyclic amines) is 1. The lowest BCUT2D eigenvalue weighted by atomic mass is 10.0. The van der Waals surface area contributed by atoms with Crippen molar-refractivity contribution in [1.29, 1.82) is 0 Å². The Bertz CT molecular complexity index is 512. The fourth-order valence-corrected chi connectivity index (χ4v) is 3.46. The number of rotatable bonds is 5. The summed E-state index contributed by atoms with van der Waals surface area (Å²) in [5, 5.41) is 3.57. The smallest absolute Gasteiger partial charge is 0.410 e. The van der Waals surface area contributed by atoms with E-state index >= 15 is 0 Å². The molecule has 26 heavy (non-hydrogen) atoms. The summed E-state index contributed by atoms with van der Waals surface area (Å²) in [6, 6.07) is 0.900. The number of carbonyl (C=O) groups is 1. The summed E-state index contributed by atoms with van der Waals surface area (Å²) >= 11 is 0. The van der Waals surface area contributed by atoms with Crippen LogP contribution in [0.2, 0.25) is 0 Å². The molecule has 3 fully saturated rings. The topological polar surface area (TPSA) is 57.2 Å². The third-order valence-corrected chi connectivity index (χ3v) is 5.20. The van der Waals surface area contributed by atoms with E-state index < -0.39 is 5.60 Å². The lowest BCUT2D eigenvalue weighted by Gasteiger charge is -2.40. The molecule has 1 saturated heterocycles. The first-order valence-electron chi connectivity index (χ1n) is 10.4. The molecule has 1 N–H and O–H groups in total. The van der Waals surface area contributed by atoms with Crippen molar-refractivity contribution in [2.45, 2.75) is 83.9 Å². The van der Waals surface area contributed by atoms with E-state index in [1.165, 1.54) is 25.7 Å². The van der Waals surface area contributed by atoms with Gasteiger partial charge in [-0.1, -0.05) is 0 Å². The van der Waals surface area contributed by atoms with Crippen molar-refractivity contribution in [1.82, 2.24) is 15.1 Å². The van der Waals surface area contributed by atoms with Gasteiger partial charge in [-0.25, -0.2) is 4.79 Å². The molecular formula is C20H36N4O2. The van der Waals surface area contributed by atoms with Gasteiger partial charge in [0.05, 0.1) is 0 Å². The molecule has 0 spiro atoms. The SMILES string of the molecule is CCN=C(NC1CC1)N1CCC(N(CC2CC2)C(=O)OC(C)(C)C)CC1. The van der Waals surface area contributed by atoms with Crippen LogP contribution in [0, 0.1) is 5.92 Å². The van der Waals surface area contributed by atoms with Crippen molar-refractivity contribution in [3.8, 4) is 0 Å². The predicted molar refractivity (Wildman–Crippen MR) is 104 cm³/mol. The molecule has 6 heteroatoms. The zero-order valence-corrected chi connectivity index (χ0v) is 17.0. The number of piperidine rings is 1. The minimum Gasteiger partial charge on any atom is -0.444 e. The largest absolute Gasteiger partial charge is 0.444 e. The monoisotopic (exact) mass is 364 g/mol. The van der Waals surface area contributed by atoms with Gasteiger partial charge in [-0.05, 0) is 72.1 Å². The van der Waals surface area contributed by atoms with Gasteiger partial charge in [0.2, 0.25) is 0 Å². The van der Waals surface area contributed by atoms with Crippen LogP contribution >= 0.6 is 0 Å². The van der Waals surface area contributed by atoms with Crippen LogP contribution in [0.1, 0.15) is 66.2 Å². The second-order valence-electron chi connectivity index (χ2n) is 9.01. The zero-order valence-electron chi connectivity index (χ0n) is 17.0. The Hall–Kier alpha value is -1.46. The molecule has 0 bridgehead atoms. The molecule has 0 aromatic heterocycles. The summed E-state index contributed by atoms with van der Waals surface area (Å²) in [6.45, 7) is 11.5. The summed E-state index contributed by atoms with van der Waals surface area (Å²) in [6.07, 6.45) is 6.84. The van der Waals surface area contributed by atoms with Crippen molar-refractivity contribution >= 4 is 12.1 Å². The van der Waals surface area contributed by atoms with Crippen molar-refractivity contribution in [3.63, 3.8) is 0 Å². The van der Waals surface area contributed by atoms with Crippen LogP contribution in [0.5, 0.6) is 0 Å². The Morgan fingerprint density at radius 2 is 1.81 bits per heavy atom. The van der Waals surface area contributed by atoms with Crippen molar-refractivity contribution in [2.24, 2.45) is 10.9 Å². The second kappa shape index (κ2) is 8.05. The van der Waals surface area contributed by atoms with Crippen LogP contribution < -0.4 is 5.32 Å². The molecule has 1 amide bonds. The van der Waals surface area contributed by atoms with Gasteiger partial charge in [0, 0.05) is 38.3 Å². The highest BCUT2D eigenvalue weighted by molar-refractivity contribution is 5.80. The van der Waals surface area contributed by atoms with Crippen LogP contribution in [-0.4, -0.2) is 65.7 Å². The number of amides is 1. The quantitative estimate of drug-likeness (QED) is 0.601. The van der Waals surface area contributed by atoms with Crippen LogP contribution in [-0.2, 0) is 4.74 Å². The van der Waals surface area contributed by atoms with E-state index in [0.717, 1.165) is 45.0 Å². The number of guanidine groups is 1. The number of hydrogen-bond donors (Lipinski definition) is 1. The first-order valence-corrected chi connectivity index (χ1v) is 10.4. The molecular weight excluding hydrogens is 328 g/mol. The molecule has 2 saturated carbocycles. The highest BCUT2D eigenvalue weighted by Crippen LogP contribution is 2.32. The first kappa shape index (κ1) is 19.3. The van der Waals surface area contributed by atoms with E-state index in [1.54, 1.807) is 0 Å². The van der Waals surface area contributed by atoms with E-state index in [0.29, 0.717) is 12.0 Å². The van der Waals surface area contributed by atoms with Crippen LogP contribution in [0.25, 0.3) is 0 Å². The number of nitrogens with zero attached hydrogens (tertiary/aromatic N) is 3. The third kappa shape index (κ3) is 5.78. The average Bonchev–Trinajstić information content (AvgIpc) is 3.46. The Morgan fingerprint density at radius 1 is 1.15 bits per heavy atom. The van der Waals surface area contributed by atoms with E-state index in [2.05, 4.69) is 22.1 Å². The number of hydrogen-bond acceptors (Lipinski definition) is 3. The van der Waals surface area contributed by atoms with Crippen LogP contribution in [0.15, 0.2) is 4.99 Å². The fraction of sp³-hybridized carbons (Fsp3) is 0.900. The van der Waals surface area contributed by atoms with E-state index in [-0.39, 0.29) is 12.1 Å². The molecule has 0 aromatic carbocycles. The molecule has 3 aliphatic rings. The highest BCUT2D eigenvalue weighted by Gasteiger charge is 2.36. The minimum absolute atomic E-state index is 0.138. The van der Waals surface area contributed by atoms with Gasteiger partial charge in [0.15, 0.2) is 5.96 Å². The summed E-state index contributed by atoms with van der Waals surface area (Å²) in [5.41, 5.74) is -0.436. The van der Waals surface area contributed by atoms with Gasteiger partial charge in [0.1, 0.15) is 5.60 Å². The molecule has 0 radical (unpaired) electrons. The zero-order chi connectivity index (χ0) is 18.7. The summed E-state index contributed by atoms with van der Waals surface area (Å²) < 4.78 is 5.69. The number of nitrogens with one attached hydrogen (secondary N) is 1. The maximum atomic E-state index is 12.7. The number of aliphatic imine (C=N–C) groups is 1. The molecule has 1 aliphatic heterocycles. The van der Waals surface area contributed by atoms with Gasteiger partial charge < -0.3 is 19.9 Å². The van der Waals surface area contributed by atoms with E-state index in [9.17, 15) is 4.79 Å². The minimum atomic E-state index is -0.436. The highest BCUT2D eigenvalue weighted by atomic mass is 16.6. The Balaban J connectivity index is 1.57. The second-order valence-corrected chi connectivity index (χ2v) is 9.01. The molecule has 0 atom stereocenters. The molecule has 2 aliphatic carbocycles. The van der Waals surface area contributed by atoms with Crippen molar-refractivity contribution in [2.75, 3.05) is 26.2 Å². The number of carbonyl (C=O) groups excluding carboxylic acids is 1. The van der Waals surface area contributed by atoms with E-state index in [4.69, 9.17) is 4.74 Å². The van der Waals surface area contributed by atoms with Gasteiger partial charge in [-0.2, -0.15) is 0 Å². The van der Waals surface area contributed by atoms with E-state index in [1.807, 2.05) is 25.7 Å². The fourth-order valence-electron chi connectivity index (χ4n) is 3.46. The molecule has 6 nitrogen and oxygen atoms in total. The molecule has 1 heterocycles. The maximum absolute atomic E-state index is 12.7. The van der Waals surface area contributed by atoms with Gasteiger partial charge >= 0.3 is 6.09 Å². The Labute approximate surface area is 158 Å². The summed E-state index contributed by atoms with van der Waals surface area (Å²) in [5.74, 6) is 1.73. The molecule has 0 unspecified atom stereocenters. The number of ether oxygens (including phenoxy) is 1. The Kier molecular flexibility index (Phi) is 5.98. The van der Waals surface area contributed by atoms with Gasteiger partial charge in [0.25, 0.3) is 0 Å². The van der Waals surface area contributed by atoms with Crippen molar-refractivity contribution in [3.05, 3.63) is 0 Å². The van der Waals surface area contributed by atoms with Gasteiger partial charge in [-0.3, -0.25) is 4.99 Å². The molecule has 3 rings (SSSR count). The lowest BCUT2D eigenvalue weighted by molar-refractivity contribution is 0.00928. The van der Waals surface area contributed by atoms with Gasteiger partial charge in [-0.15, -0.1) is 0 Å². The lowest BCUT2D eigenvalue weighted by Crippen LogP contribution is -2.53. The predicted octanol–water partition coefficient (Wildman–Crippen LogP) is 3.23. The summed E-state index contributed by atoms with van der Waals surface area (Å²) in [7, 11) is 0. The van der Waals surface area contributed by atoms with Crippen molar-refractivity contribution < 1.29 is 9.53 Å². The average molecular weight is 365 g/mol. The molecule has 0 aromatic rings.